The van der Waals surface area contributed by atoms with Crippen LogP contribution in [0.2, 0.25) is 0 Å². The predicted octanol–water partition coefficient (Wildman–Crippen LogP) is -0.0781. The highest BCUT2D eigenvalue weighted by Gasteiger charge is 2.21. The van der Waals surface area contributed by atoms with Gasteiger partial charge in [0.05, 0.1) is 0 Å². The van der Waals surface area contributed by atoms with Crippen molar-refractivity contribution in [2.75, 3.05) is 13.2 Å². The third-order valence-corrected chi connectivity index (χ3v) is 2.34. The SMILES string of the molecule is CC(=O)CC(=O)OCC(COC(=O)CC(C)=O)OC(=O)CC(C)=O. The summed E-state index contributed by atoms with van der Waals surface area (Å²) >= 11 is 0. The molecular weight excluding hydrogens is 324 g/mol. The maximum absolute atomic E-state index is 11.5. The number of hydrogen-bond donors (Lipinski definition) is 0. The van der Waals surface area contributed by atoms with Crippen LogP contribution in [0.15, 0.2) is 0 Å². The number of carbonyl (C=O) groups excluding carboxylic acids is 6. The van der Waals surface area contributed by atoms with Gasteiger partial charge < -0.3 is 14.2 Å². The van der Waals surface area contributed by atoms with Gasteiger partial charge in [-0.1, -0.05) is 0 Å². The molecule has 0 bridgehead atoms. The van der Waals surface area contributed by atoms with Gasteiger partial charge in [0.15, 0.2) is 6.10 Å². The minimum atomic E-state index is -1.15. The van der Waals surface area contributed by atoms with Crippen LogP contribution in [0.1, 0.15) is 40.0 Å². The minimum absolute atomic E-state index is 0.405. The first-order chi connectivity index (χ1) is 11.1. The zero-order chi connectivity index (χ0) is 18.7. The zero-order valence-corrected chi connectivity index (χ0v) is 13.8. The molecule has 0 aliphatic rings. The van der Waals surface area contributed by atoms with Crippen LogP contribution >= 0.6 is 0 Å². The molecule has 0 saturated carbocycles. The molecule has 0 amide bonds. The van der Waals surface area contributed by atoms with Crippen LogP contribution < -0.4 is 0 Å². The van der Waals surface area contributed by atoms with Crippen molar-refractivity contribution in [3.63, 3.8) is 0 Å². The molecule has 0 aliphatic heterocycles. The summed E-state index contributed by atoms with van der Waals surface area (Å²) in [6.45, 7) is 2.69. The molecule has 0 heterocycles. The van der Waals surface area contributed by atoms with E-state index >= 15 is 0 Å². The molecule has 9 nitrogen and oxygen atoms in total. The van der Waals surface area contributed by atoms with Crippen LogP contribution in [0.4, 0.5) is 0 Å². The highest BCUT2D eigenvalue weighted by molar-refractivity contribution is 5.95. The molecule has 0 aromatic carbocycles. The second kappa shape index (κ2) is 11.0. The molecule has 0 aromatic rings. The van der Waals surface area contributed by atoms with Gasteiger partial charge in [-0.25, -0.2) is 0 Å². The lowest BCUT2D eigenvalue weighted by molar-refractivity contribution is -0.167. The van der Waals surface area contributed by atoms with Gasteiger partial charge in [-0.05, 0) is 20.8 Å². The summed E-state index contributed by atoms with van der Waals surface area (Å²) in [7, 11) is 0. The van der Waals surface area contributed by atoms with Crippen LogP contribution in [0, 0.1) is 0 Å². The van der Waals surface area contributed by atoms with Gasteiger partial charge >= 0.3 is 17.9 Å². The maximum atomic E-state index is 11.5. The van der Waals surface area contributed by atoms with E-state index in [1.54, 1.807) is 0 Å². The topological polar surface area (TPSA) is 130 Å². The average molecular weight is 344 g/mol. The fraction of sp³-hybridized carbons (Fsp3) is 0.600. The Balaban J connectivity index is 4.58. The van der Waals surface area contributed by atoms with Crippen molar-refractivity contribution in [1.82, 2.24) is 0 Å². The Bertz CT molecular complexity index is 489. The van der Waals surface area contributed by atoms with Gasteiger partial charge in [0.1, 0.15) is 49.8 Å². The molecule has 0 spiro atoms. The van der Waals surface area contributed by atoms with Crippen molar-refractivity contribution >= 4 is 35.3 Å². The number of ketones is 3. The Labute approximate surface area is 138 Å². The molecule has 0 N–H and O–H groups in total. The predicted molar refractivity (Wildman–Crippen MR) is 77.7 cm³/mol. The summed E-state index contributed by atoms with van der Waals surface area (Å²) in [5.41, 5.74) is 0. The lowest BCUT2D eigenvalue weighted by Gasteiger charge is -2.17. The average Bonchev–Trinajstić information content (AvgIpc) is 2.39. The fourth-order valence-electron chi connectivity index (χ4n) is 1.43. The summed E-state index contributed by atoms with van der Waals surface area (Å²) in [5.74, 6) is -3.77. The van der Waals surface area contributed by atoms with Gasteiger partial charge in [-0.2, -0.15) is 0 Å². The number of esters is 3. The Morgan fingerprint density at radius 1 is 0.625 bits per heavy atom. The van der Waals surface area contributed by atoms with Crippen molar-refractivity contribution < 1.29 is 43.0 Å². The molecule has 0 aliphatic carbocycles. The standard InChI is InChI=1S/C15H20O9/c1-9(16)4-13(19)22-7-12(24-15(21)6-11(3)18)8-23-14(20)5-10(2)17/h12H,4-8H2,1-3H3. The van der Waals surface area contributed by atoms with E-state index in [1.807, 2.05) is 0 Å². The lowest BCUT2D eigenvalue weighted by Crippen LogP contribution is -2.31. The molecule has 134 valence electrons. The van der Waals surface area contributed by atoms with Crippen molar-refractivity contribution in [3.8, 4) is 0 Å². The molecule has 0 radical (unpaired) electrons. The van der Waals surface area contributed by atoms with E-state index in [9.17, 15) is 28.8 Å². The maximum Gasteiger partial charge on any atom is 0.313 e. The minimum Gasteiger partial charge on any atom is -0.461 e. The Morgan fingerprint density at radius 2 is 0.958 bits per heavy atom. The van der Waals surface area contributed by atoms with Crippen LogP contribution in [-0.4, -0.2) is 54.6 Å². The lowest BCUT2D eigenvalue weighted by atomic mass is 10.3. The first-order valence-electron chi connectivity index (χ1n) is 7.09. The second-order valence-electron chi connectivity index (χ2n) is 5.11. The van der Waals surface area contributed by atoms with Gasteiger partial charge in [0.25, 0.3) is 0 Å². The van der Waals surface area contributed by atoms with Crippen molar-refractivity contribution in [1.29, 1.82) is 0 Å². The Kier molecular flexibility index (Phi) is 9.85. The molecule has 0 aromatic heterocycles. The molecule has 0 saturated heterocycles. The molecule has 0 rings (SSSR count). The van der Waals surface area contributed by atoms with Gasteiger partial charge in [0, 0.05) is 0 Å². The van der Waals surface area contributed by atoms with E-state index < -0.39 is 73.8 Å². The highest BCUT2D eigenvalue weighted by atomic mass is 16.6. The molecule has 0 fully saturated rings. The van der Waals surface area contributed by atoms with Gasteiger partial charge in [0.2, 0.25) is 0 Å². The normalized spacial score (nSPS) is 10.0. The summed E-state index contributed by atoms with van der Waals surface area (Å²) in [5, 5.41) is 0. The van der Waals surface area contributed by atoms with Crippen LogP contribution in [-0.2, 0) is 43.0 Å². The fourth-order valence-corrected chi connectivity index (χ4v) is 1.43. The molecular formula is C15H20O9. The number of carbonyl (C=O) groups is 6. The quantitative estimate of drug-likeness (QED) is 0.287. The second-order valence-corrected chi connectivity index (χ2v) is 5.11. The van der Waals surface area contributed by atoms with E-state index in [0.29, 0.717) is 0 Å². The summed E-state index contributed by atoms with van der Waals surface area (Å²) in [4.78, 5) is 66.6. The van der Waals surface area contributed by atoms with Gasteiger partial charge in [-0.15, -0.1) is 0 Å². The Hall–Kier alpha value is -2.58. The van der Waals surface area contributed by atoms with E-state index in [-0.39, 0.29) is 0 Å². The molecule has 0 unspecified atom stereocenters. The van der Waals surface area contributed by atoms with E-state index in [0.717, 1.165) is 0 Å². The first-order valence-corrected chi connectivity index (χ1v) is 7.09. The molecule has 9 heteroatoms. The van der Waals surface area contributed by atoms with Crippen LogP contribution in [0.25, 0.3) is 0 Å². The van der Waals surface area contributed by atoms with Gasteiger partial charge in [-0.3, -0.25) is 28.8 Å². The first kappa shape index (κ1) is 21.4. The molecule has 0 atom stereocenters. The van der Waals surface area contributed by atoms with Crippen molar-refractivity contribution in [3.05, 3.63) is 0 Å². The van der Waals surface area contributed by atoms with Crippen LogP contribution in [0.5, 0.6) is 0 Å². The monoisotopic (exact) mass is 344 g/mol. The van der Waals surface area contributed by atoms with E-state index in [4.69, 9.17) is 14.2 Å². The third-order valence-electron chi connectivity index (χ3n) is 2.34. The number of ether oxygens (including phenoxy) is 3. The van der Waals surface area contributed by atoms with Crippen molar-refractivity contribution in [2.45, 2.75) is 46.1 Å². The van der Waals surface area contributed by atoms with E-state index in [1.165, 1.54) is 20.8 Å². The number of Topliss-reactive ketones (excluding diaryl/α,β-unsaturated/α-hetero) is 3. The van der Waals surface area contributed by atoms with E-state index in [2.05, 4.69) is 0 Å². The number of rotatable bonds is 11. The third kappa shape index (κ3) is 12.0. The highest BCUT2D eigenvalue weighted by Crippen LogP contribution is 2.02. The Morgan fingerprint density at radius 3 is 1.29 bits per heavy atom. The summed E-state index contributed by atoms with van der Waals surface area (Å²) in [6, 6.07) is 0. The van der Waals surface area contributed by atoms with Crippen LogP contribution in [0.3, 0.4) is 0 Å². The smallest absolute Gasteiger partial charge is 0.313 e. The zero-order valence-electron chi connectivity index (χ0n) is 13.8. The largest absolute Gasteiger partial charge is 0.461 e. The molecule has 24 heavy (non-hydrogen) atoms. The summed E-state index contributed by atoms with van der Waals surface area (Å²) in [6.07, 6.45) is -2.53. The summed E-state index contributed by atoms with van der Waals surface area (Å²) < 4.78 is 14.4. The number of hydrogen-bond acceptors (Lipinski definition) is 9. The van der Waals surface area contributed by atoms with Crippen molar-refractivity contribution in [2.24, 2.45) is 0 Å².